The summed E-state index contributed by atoms with van der Waals surface area (Å²) < 4.78 is 27.8. The minimum Gasteiger partial charge on any atom is -0.493 e. The molecule has 0 N–H and O–H groups in total. The average Bonchev–Trinajstić information content (AvgIpc) is 3.16. The van der Waals surface area contributed by atoms with Crippen LogP contribution in [0.25, 0.3) is 21.5 Å². The van der Waals surface area contributed by atoms with Crippen molar-refractivity contribution in [3.63, 3.8) is 0 Å². The molecule has 0 saturated carbocycles. The second-order valence-corrected chi connectivity index (χ2v) is 16.0. The maximum Gasteiger partial charge on any atom is 0.139 e. The van der Waals surface area contributed by atoms with Gasteiger partial charge in [0.15, 0.2) is 0 Å². The van der Waals surface area contributed by atoms with E-state index in [9.17, 15) is 0 Å². The Morgan fingerprint density at radius 1 is 0.442 bits per heavy atom. The highest BCUT2D eigenvalue weighted by atomic mass is 35.5. The van der Waals surface area contributed by atoms with Gasteiger partial charge in [-0.1, -0.05) is 156 Å². The van der Waals surface area contributed by atoms with Crippen molar-refractivity contribution in [3.05, 3.63) is 34.3 Å². The predicted octanol–water partition coefficient (Wildman–Crippen LogP) is 15.7. The number of benzene rings is 3. The van der Waals surface area contributed by atoms with Gasteiger partial charge < -0.3 is 18.9 Å². The summed E-state index contributed by atoms with van der Waals surface area (Å²) in [7, 11) is 0. The van der Waals surface area contributed by atoms with Crippen molar-refractivity contribution in [1.29, 1.82) is 0 Å². The van der Waals surface area contributed by atoms with Crippen LogP contribution in [0.1, 0.15) is 158 Å². The monoisotopic (exact) mass is 758 g/mol. The van der Waals surface area contributed by atoms with Crippen molar-refractivity contribution in [2.24, 2.45) is 23.7 Å². The highest BCUT2D eigenvalue weighted by Crippen LogP contribution is 2.52. The molecule has 0 heterocycles. The third kappa shape index (κ3) is 12.8. The molecule has 0 spiro atoms. The summed E-state index contributed by atoms with van der Waals surface area (Å²) in [5.74, 6) is 5.02. The molecule has 3 aromatic rings. The Bertz CT molecular complexity index is 1350. The highest BCUT2D eigenvalue weighted by Gasteiger charge is 2.26. The van der Waals surface area contributed by atoms with E-state index in [-0.39, 0.29) is 0 Å². The Morgan fingerprint density at radius 3 is 1.00 bits per heavy atom. The molecule has 0 radical (unpaired) electrons. The molecule has 0 aliphatic heterocycles. The zero-order valence-corrected chi connectivity index (χ0v) is 35.7. The Labute approximate surface area is 328 Å². The van der Waals surface area contributed by atoms with E-state index < -0.39 is 0 Å². The minimum absolute atomic E-state index is 0.443. The SMILES string of the molecule is CCCCC(CC)COc1ccc(OCC(CC)CCCC)c2c(OCC(CC)CCCC)c3cc(Cl)c(Cl)cc3c(OCC(CC)CCCC)c12. The Kier molecular flexibility index (Phi) is 20.8. The molecule has 0 aliphatic rings. The molecule has 294 valence electrons. The number of ether oxygens (including phenoxy) is 4. The third-order valence-electron chi connectivity index (χ3n) is 11.2. The predicted molar refractivity (Wildman–Crippen MR) is 227 cm³/mol. The van der Waals surface area contributed by atoms with Gasteiger partial charge in [0.1, 0.15) is 23.0 Å². The van der Waals surface area contributed by atoms with Crippen LogP contribution in [0.4, 0.5) is 0 Å². The fourth-order valence-electron chi connectivity index (χ4n) is 7.16. The standard InChI is InChI=1S/C46H72Cl2O4/c1-9-17-21-33(13-5)29-49-41-25-26-42(50-30-34(14-6)22-18-10-2)44-43(41)45(51-31-35(15-7)23-19-11-3)37-27-39(47)40(48)28-38(37)46(44)52-32-36(16-8)24-20-12-4/h25-28,33-36H,9-24,29-32H2,1-8H3. The quantitative estimate of drug-likeness (QED) is 0.0691. The number of fused-ring (bicyclic) bond motifs is 2. The van der Waals surface area contributed by atoms with Gasteiger partial charge in [0, 0.05) is 10.8 Å². The maximum absolute atomic E-state index is 7.03. The molecule has 4 nitrogen and oxygen atoms in total. The molecular formula is C46H72Cl2O4. The van der Waals surface area contributed by atoms with Crippen LogP contribution in [0.3, 0.4) is 0 Å². The largest absolute Gasteiger partial charge is 0.493 e. The van der Waals surface area contributed by atoms with Gasteiger partial charge in [0.25, 0.3) is 0 Å². The van der Waals surface area contributed by atoms with E-state index >= 15 is 0 Å². The van der Waals surface area contributed by atoms with Crippen molar-refractivity contribution in [2.75, 3.05) is 26.4 Å². The van der Waals surface area contributed by atoms with Crippen LogP contribution >= 0.6 is 23.2 Å². The van der Waals surface area contributed by atoms with E-state index in [0.29, 0.717) is 60.1 Å². The first kappa shape index (κ1) is 44.4. The number of rotatable bonds is 28. The van der Waals surface area contributed by atoms with Crippen LogP contribution in [-0.4, -0.2) is 26.4 Å². The molecule has 0 bridgehead atoms. The van der Waals surface area contributed by atoms with Gasteiger partial charge in [-0.3, -0.25) is 0 Å². The van der Waals surface area contributed by atoms with Crippen molar-refractivity contribution in [3.8, 4) is 23.0 Å². The molecule has 52 heavy (non-hydrogen) atoms. The lowest BCUT2D eigenvalue weighted by atomic mass is 9.97. The van der Waals surface area contributed by atoms with Gasteiger partial charge in [-0.25, -0.2) is 0 Å². The summed E-state index contributed by atoms with van der Waals surface area (Å²) in [6.07, 6.45) is 18.4. The smallest absolute Gasteiger partial charge is 0.139 e. The topological polar surface area (TPSA) is 36.9 Å². The fourth-order valence-corrected chi connectivity index (χ4v) is 7.48. The van der Waals surface area contributed by atoms with Gasteiger partial charge in [0.2, 0.25) is 0 Å². The van der Waals surface area contributed by atoms with Crippen LogP contribution in [-0.2, 0) is 0 Å². The molecule has 4 unspecified atom stereocenters. The normalized spacial score (nSPS) is 14.0. The van der Waals surface area contributed by atoms with Gasteiger partial charge in [-0.15, -0.1) is 0 Å². The molecule has 0 aromatic heterocycles. The second-order valence-electron chi connectivity index (χ2n) is 15.2. The minimum atomic E-state index is 0.443. The summed E-state index contributed by atoms with van der Waals surface area (Å²) in [6, 6.07) is 8.13. The summed E-state index contributed by atoms with van der Waals surface area (Å²) in [5, 5.41) is 4.63. The van der Waals surface area contributed by atoms with E-state index in [2.05, 4.69) is 67.5 Å². The maximum atomic E-state index is 7.03. The summed E-state index contributed by atoms with van der Waals surface area (Å²) in [5.41, 5.74) is 0. The number of halogens is 2. The molecule has 0 fully saturated rings. The third-order valence-corrected chi connectivity index (χ3v) is 11.9. The van der Waals surface area contributed by atoms with Crippen LogP contribution in [0, 0.1) is 23.7 Å². The first-order chi connectivity index (χ1) is 25.3. The number of unbranched alkanes of at least 4 members (excludes halogenated alkanes) is 4. The summed E-state index contributed by atoms with van der Waals surface area (Å²) >= 11 is 13.7. The van der Waals surface area contributed by atoms with E-state index in [4.69, 9.17) is 42.1 Å². The van der Waals surface area contributed by atoms with E-state index in [1.807, 2.05) is 12.1 Å². The highest BCUT2D eigenvalue weighted by molar-refractivity contribution is 6.43. The lowest BCUT2D eigenvalue weighted by molar-refractivity contribution is 0.223. The number of hydrogen-bond acceptors (Lipinski definition) is 4. The van der Waals surface area contributed by atoms with Crippen molar-refractivity contribution in [2.45, 2.75) is 158 Å². The van der Waals surface area contributed by atoms with Crippen molar-refractivity contribution < 1.29 is 18.9 Å². The van der Waals surface area contributed by atoms with Crippen molar-refractivity contribution >= 4 is 44.7 Å². The molecule has 3 aromatic carbocycles. The summed E-state index contributed by atoms with van der Waals surface area (Å²) in [6.45, 7) is 20.6. The lowest BCUT2D eigenvalue weighted by Gasteiger charge is -2.26. The van der Waals surface area contributed by atoms with Gasteiger partial charge in [0.05, 0.1) is 47.2 Å². The Balaban J connectivity index is 2.36. The molecule has 3 rings (SSSR count). The Hall–Kier alpha value is -2.04. The Morgan fingerprint density at radius 2 is 0.731 bits per heavy atom. The van der Waals surface area contributed by atoms with Crippen LogP contribution in [0.5, 0.6) is 23.0 Å². The van der Waals surface area contributed by atoms with E-state index in [0.717, 1.165) is 95.9 Å². The van der Waals surface area contributed by atoms with E-state index in [1.54, 1.807) is 0 Å². The molecule has 0 aliphatic carbocycles. The van der Waals surface area contributed by atoms with Gasteiger partial charge >= 0.3 is 0 Å². The van der Waals surface area contributed by atoms with Gasteiger partial charge in [-0.05, 0) is 73.6 Å². The average molecular weight is 760 g/mol. The van der Waals surface area contributed by atoms with Gasteiger partial charge in [-0.2, -0.15) is 0 Å². The second kappa shape index (κ2) is 24.4. The van der Waals surface area contributed by atoms with Crippen LogP contribution < -0.4 is 18.9 Å². The molecule has 0 saturated heterocycles. The zero-order chi connectivity index (χ0) is 37.9. The number of hydrogen-bond donors (Lipinski definition) is 0. The van der Waals surface area contributed by atoms with Crippen LogP contribution in [0.2, 0.25) is 10.0 Å². The molecular weight excluding hydrogens is 687 g/mol. The lowest BCUT2D eigenvalue weighted by Crippen LogP contribution is -2.15. The first-order valence-corrected chi connectivity index (χ1v) is 22.0. The summed E-state index contributed by atoms with van der Waals surface area (Å²) in [4.78, 5) is 0. The molecule has 4 atom stereocenters. The van der Waals surface area contributed by atoms with E-state index in [1.165, 1.54) is 51.4 Å². The zero-order valence-electron chi connectivity index (χ0n) is 34.1. The van der Waals surface area contributed by atoms with Crippen molar-refractivity contribution in [1.82, 2.24) is 0 Å². The van der Waals surface area contributed by atoms with Crippen LogP contribution in [0.15, 0.2) is 24.3 Å². The fraction of sp³-hybridized carbons (Fsp3) is 0.696. The molecule has 0 amide bonds. The molecule has 6 heteroatoms. The first-order valence-electron chi connectivity index (χ1n) is 21.2.